The maximum Gasteiger partial charge on any atom is 0.177 e. The van der Waals surface area contributed by atoms with Crippen molar-refractivity contribution in [2.75, 3.05) is 13.2 Å². The zero-order chi connectivity index (χ0) is 24.9. The highest BCUT2D eigenvalue weighted by atomic mass is 79.9. The van der Waals surface area contributed by atoms with Crippen molar-refractivity contribution in [1.82, 2.24) is 9.97 Å². The first-order valence-electron chi connectivity index (χ1n) is 11.3. The van der Waals surface area contributed by atoms with Crippen molar-refractivity contribution in [1.29, 1.82) is 10.5 Å². The van der Waals surface area contributed by atoms with E-state index in [2.05, 4.69) is 25.9 Å². The Morgan fingerprint density at radius 3 is 1.77 bits per heavy atom. The molecule has 0 atom stereocenters. The van der Waals surface area contributed by atoms with Crippen LogP contribution in [0.4, 0.5) is 0 Å². The van der Waals surface area contributed by atoms with Gasteiger partial charge in [0.05, 0.1) is 18.0 Å². The number of benzene rings is 2. The molecule has 0 bridgehead atoms. The third-order valence-electron chi connectivity index (χ3n) is 5.10. The monoisotopic (exact) mass is 528 g/mol. The number of unbranched alkanes of at least 4 members (excludes halogenated alkanes) is 3. The predicted molar refractivity (Wildman–Crippen MR) is 141 cm³/mol. The van der Waals surface area contributed by atoms with Crippen molar-refractivity contribution in [2.24, 2.45) is 0 Å². The Kier molecular flexibility index (Phi) is 10.2. The molecule has 0 amide bonds. The number of nitrogens with zero attached hydrogens (tertiary/aromatic N) is 4. The molecule has 0 fully saturated rings. The van der Waals surface area contributed by atoms with Crippen LogP contribution in [0.2, 0.25) is 0 Å². The topological polar surface area (TPSA) is 103 Å². The Hall–Kier alpha value is -3.78. The molecule has 1 aromatic heterocycles. The van der Waals surface area contributed by atoms with E-state index in [9.17, 15) is 10.5 Å². The smallest absolute Gasteiger partial charge is 0.177 e. The van der Waals surface area contributed by atoms with Gasteiger partial charge in [-0.3, -0.25) is 0 Å². The number of ether oxygens (including phenoxy) is 1. The molecule has 7 heteroatoms. The van der Waals surface area contributed by atoms with Crippen LogP contribution in [0.1, 0.15) is 59.6 Å². The van der Waals surface area contributed by atoms with Gasteiger partial charge in [0.25, 0.3) is 0 Å². The molecule has 1 heterocycles. The van der Waals surface area contributed by atoms with Gasteiger partial charge in [0, 0.05) is 11.1 Å². The Balaban J connectivity index is 1.74. The summed E-state index contributed by atoms with van der Waals surface area (Å²) >= 11 is 3.42. The second-order valence-electron chi connectivity index (χ2n) is 7.69. The second-order valence-corrected chi connectivity index (χ2v) is 8.60. The Bertz CT molecular complexity index is 1250. The first-order chi connectivity index (χ1) is 17.1. The zero-order valence-corrected chi connectivity index (χ0v) is 20.8. The van der Waals surface area contributed by atoms with Crippen LogP contribution in [-0.4, -0.2) is 28.3 Å². The fourth-order valence-electron chi connectivity index (χ4n) is 3.22. The standard InChI is InChI=1S/C28H25BrN4O2/c29-23-11-5-21(6-12-23)9-15-25-26(33-28(20-31)27(19-30)32-25)16-10-22-7-13-24(14-8-22)35-18-4-2-1-3-17-34/h5-16,34H,1-4,17-18H2/b15-9+,16-10+. The Labute approximate surface area is 214 Å². The van der Waals surface area contributed by atoms with Crippen LogP contribution in [-0.2, 0) is 0 Å². The quantitative estimate of drug-likeness (QED) is 0.295. The van der Waals surface area contributed by atoms with Gasteiger partial charge in [-0.15, -0.1) is 0 Å². The molecular weight excluding hydrogens is 504 g/mol. The van der Waals surface area contributed by atoms with Gasteiger partial charge in [-0.05, 0) is 66.8 Å². The molecule has 6 nitrogen and oxygen atoms in total. The summed E-state index contributed by atoms with van der Waals surface area (Å²) in [5.41, 5.74) is 2.90. The second kappa shape index (κ2) is 13.8. The van der Waals surface area contributed by atoms with Crippen LogP contribution in [0.15, 0.2) is 53.0 Å². The number of hydrogen-bond donors (Lipinski definition) is 1. The van der Waals surface area contributed by atoms with Crippen LogP contribution in [0.3, 0.4) is 0 Å². The summed E-state index contributed by atoms with van der Waals surface area (Å²) < 4.78 is 6.76. The summed E-state index contributed by atoms with van der Waals surface area (Å²) in [5.74, 6) is 0.798. The van der Waals surface area contributed by atoms with E-state index in [0.717, 1.165) is 47.0 Å². The summed E-state index contributed by atoms with van der Waals surface area (Å²) in [6.45, 7) is 0.886. The van der Waals surface area contributed by atoms with E-state index >= 15 is 0 Å². The molecule has 0 unspecified atom stereocenters. The highest BCUT2D eigenvalue weighted by molar-refractivity contribution is 9.10. The number of aliphatic hydroxyl groups excluding tert-OH is 1. The van der Waals surface area contributed by atoms with Gasteiger partial charge in [0.2, 0.25) is 0 Å². The summed E-state index contributed by atoms with van der Waals surface area (Å²) in [6.07, 6.45) is 11.2. The summed E-state index contributed by atoms with van der Waals surface area (Å²) in [5, 5.41) is 27.5. The predicted octanol–water partition coefficient (Wildman–Crippen LogP) is 6.25. The van der Waals surface area contributed by atoms with Gasteiger partial charge in [0.15, 0.2) is 11.4 Å². The number of aromatic nitrogens is 2. The lowest BCUT2D eigenvalue weighted by atomic mass is 10.1. The van der Waals surface area contributed by atoms with Crippen LogP contribution in [0.5, 0.6) is 5.75 Å². The van der Waals surface area contributed by atoms with Crippen molar-refractivity contribution < 1.29 is 9.84 Å². The lowest BCUT2D eigenvalue weighted by Gasteiger charge is -2.06. The van der Waals surface area contributed by atoms with E-state index in [1.165, 1.54) is 0 Å². The molecule has 0 aliphatic carbocycles. The molecule has 3 aromatic rings. The van der Waals surface area contributed by atoms with Crippen LogP contribution in [0, 0.1) is 22.7 Å². The fourth-order valence-corrected chi connectivity index (χ4v) is 3.48. The largest absolute Gasteiger partial charge is 0.494 e. The maximum atomic E-state index is 9.37. The summed E-state index contributed by atoms with van der Waals surface area (Å²) in [4.78, 5) is 8.71. The lowest BCUT2D eigenvalue weighted by Crippen LogP contribution is -2.00. The molecule has 176 valence electrons. The van der Waals surface area contributed by atoms with Gasteiger partial charge in [-0.25, -0.2) is 9.97 Å². The van der Waals surface area contributed by atoms with E-state index in [0.29, 0.717) is 18.0 Å². The fraction of sp³-hybridized carbons (Fsp3) is 0.214. The molecule has 0 aliphatic rings. The Morgan fingerprint density at radius 1 is 0.743 bits per heavy atom. The van der Waals surface area contributed by atoms with Crippen molar-refractivity contribution in [3.05, 3.63) is 86.9 Å². The molecule has 0 saturated carbocycles. The first kappa shape index (κ1) is 25.8. The van der Waals surface area contributed by atoms with E-state index in [1.54, 1.807) is 12.2 Å². The highest BCUT2D eigenvalue weighted by Crippen LogP contribution is 2.19. The number of halogens is 1. The van der Waals surface area contributed by atoms with Gasteiger partial charge in [0.1, 0.15) is 17.9 Å². The highest BCUT2D eigenvalue weighted by Gasteiger charge is 2.10. The van der Waals surface area contributed by atoms with Crippen LogP contribution < -0.4 is 4.74 Å². The average molecular weight is 529 g/mol. The van der Waals surface area contributed by atoms with Crippen molar-refractivity contribution >= 4 is 40.2 Å². The molecule has 0 spiro atoms. The molecule has 35 heavy (non-hydrogen) atoms. The minimum atomic E-state index is -0.00400. The molecule has 0 aliphatic heterocycles. The lowest BCUT2D eigenvalue weighted by molar-refractivity contribution is 0.273. The van der Waals surface area contributed by atoms with Gasteiger partial charge in [-0.1, -0.05) is 58.8 Å². The third kappa shape index (κ3) is 8.19. The molecule has 2 aromatic carbocycles. The van der Waals surface area contributed by atoms with Gasteiger partial charge >= 0.3 is 0 Å². The van der Waals surface area contributed by atoms with Crippen molar-refractivity contribution in [3.63, 3.8) is 0 Å². The number of rotatable bonds is 11. The van der Waals surface area contributed by atoms with Gasteiger partial charge < -0.3 is 9.84 Å². The molecular formula is C28H25BrN4O2. The minimum absolute atomic E-state index is 0.00188. The molecule has 0 saturated heterocycles. The normalized spacial score (nSPS) is 11.0. The first-order valence-corrected chi connectivity index (χ1v) is 12.1. The van der Waals surface area contributed by atoms with E-state index in [1.807, 2.05) is 72.8 Å². The van der Waals surface area contributed by atoms with E-state index in [4.69, 9.17) is 9.84 Å². The molecule has 1 N–H and O–H groups in total. The van der Waals surface area contributed by atoms with E-state index in [-0.39, 0.29) is 18.0 Å². The minimum Gasteiger partial charge on any atom is -0.494 e. The molecule has 3 rings (SSSR count). The number of nitriles is 2. The third-order valence-corrected chi connectivity index (χ3v) is 5.63. The average Bonchev–Trinajstić information content (AvgIpc) is 2.89. The Morgan fingerprint density at radius 2 is 1.26 bits per heavy atom. The van der Waals surface area contributed by atoms with Crippen LogP contribution in [0.25, 0.3) is 24.3 Å². The maximum absolute atomic E-state index is 9.37. The van der Waals surface area contributed by atoms with Crippen LogP contribution >= 0.6 is 15.9 Å². The number of aliphatic hydroxyl groups is 1. The zero-order valence-electron chi connectivity index (χ0n) is 19.2. The van der Waals surface area contributed by atoms with Crippen molar-refractivity contribution in [2.45, 2.75) is 25.7 Å². The van der Waals surface area contributed by atoms with E-state index < -0.39 is 0 Å². The number of hydrogen-bond acceptors (Lipinski definition) is 6. The molecule has 0 radical (unpaired) electrons. The summed E-state index contributed by atoms with van der Waals surface area (Å²) in [6, 6.07) is 19.4. The SMILES string of the molecule is N#Cc1nc(/C=C/c2ccc(Br)cc2)c(/C=C/c2ccc(OCCCCCCO)cc2)nc1C#N. The summed E-state index contributed by atoms with van der Waals surface area (Å²) in [7, 11) is 0. The van der Waals surface area contributed by atoms with Crippen molar-refractivity contribution in [3.8, 4) is 17.9 Å². The van der Waals surface area contributed by atoms with Gasteiger partial charge in [-0.2, -0.15) is 10.5 Å².